The average molecular weight is 175 g/mol. The van der Waals surface area contributed by atoms with Gasteiger partial charge in [0.2, 0.25) is 0 Å². The van der Waals surface area contributed by atoms with E-state index in [1.807, 2.05) is 11.2 Å². The molecular weight excluding hydrogens is 158 g/mol. The number of hydrogen-bond acceptors (Lipinski definition) is 2. The predicted molar refractivity (Wildman–Crippen MR) is 51.1 cm³/mol. The van der Waals surface area contributed by atoms with Gasteiger partial charge in [-0.25, -0.2) is 0 Å². The van der Waals surface area contributed by atoms with Crippen LogP contribution in [0.4, 0.5) is 4.79 Å². The van der Waals surface area contributed by atoms with Gasteiger partial charge in [-0.3, -0.25) is 4.79 Å². The van der Waals surface area contributed by atoms with Crippen molar-refractivity contribution < 1.29 is 4.79 Å². The Morgan fingerprint density at radius 3 is 2.00 bits per heavy atom. The number of nitrogens with zero attached hydrogens (tertiary/aromatic N) is 1. The monoisotopic (exact) mass is 175 g/mol. The Balaban J connectivity index is 3.76. The summed E-state index contributed by atoms with van der Waals surface area (Å²) in [7, 11) is 0. The van der Waals surface area contributed by atoms with E-state index in [0.717, 1.165) is 25.9 Å². The van der Waals surface area contributed by atoms with Crippen molar-refractivity contribution in [1.82, 2.24) is 4.90 Å². The molecule has 66 valence electrons. The van der Waals surface area contributed by atoms with Crippen LogP contribution in [-0.4, -0.2) is 29.5 Å². The van der Waals surface area contributed by atoms with Crippen LogP contribution in [0.25, 0.3) is 0 Å². The molecule has 0 N–H and O–H groups in total. The maximum absolute atomic E-state index is 11.2. The van der Waals surface area contributed by atoms with Crippen LogP contribution in [0.1, 0.15) is 26.7 Å². The van der Waals surface area contributed by atoms with Crippen LogP contribution in [0.15, 0.2) is 0 Å². The van der Waals surface area contributed by atoms with Gasteiger partial charge in [0.05, 0.1) is 0 Å². The van der Waals surface area contributed by atoms with E-state index in [9.17, 15) is 4.79 Å². The summed E-state index contributed by atoms with van der Waals surface area (Å²) in [6.45, 7) is 5.98. The highest BCUT2D eigenvalue weighted by Gasteiger charge is 2.08. The molecule has 0 aliphatic heterocycles. The summed E-state index contributed by atoms with van der Waals surface area (Å²) >= 11 is 1.30. The number of rotatable bonds is 4. The lowest BCUT2D eigenvalue weighted by Gasteiger charge is -2.19. The van der Waals surface area contributed by atoms with E-state index in [1.165, 1.54) is 11.8 Å². The third kappa shape index (κ3) is 4.30. The van der Waals surface area contributed by atoms with Gasteiger partial charge in [-0.05, 0) is 19.1 Å². The highest BCUT2D eigenvalue weighted by atomic mass is 32.2. The standard InChI is InChI=1S/C8H17NOS/c1-4-6-9(7-5-2)8(10)11-3/h4-7H2,1-3H3. The Kier molecular flexibility index (Phi) is 6.42. The average Bonchev–Trinajstić information content (AvgIpc) is 2.03. The summed E-state index contributed by atoms with van der Waals surface area (Å²) in [5.41, 5.74) is 0. The van der Waals surface area contributed by atoms with Crippen LogP contribution >= 0.6 is 11.8 Å². The first-order valence-electron chi connectivity index (χ1n) is 4.09. The largest absolute Gasteiger partial charge is 0.334 e. The third-order valence-corrected chi connectivity index (χ3v) is 2.03. The zero-order valence-corrected chi connectivity index (χ0v) is 8.41. The predicted octanol–water partition coefficient (Wildman–Crippen LogP) is 2.59. The summed E-state index contributed by atoms with van der Waals surface area (Å²) in [6, 6.07) is 0. The maximum atomic E-state index is 11.2. The molecule has 1 amide bonds. The van der Waals surface area contributed by atoms with Gasteiger partial charge in [-0.15, -0.1) is 0 Å². The number of carbonyl (C=O) groups excluding carboxylic acids is 1. The number of carbonyl (C=O) groups is 1. The quantitative estimate of drug-likeness (QED) is 0.654. The Hall–Kier alpha value is -0.180. The summed E-state index contributed by atoms with van der Waals surface area (Å²) in [5.74, 6) is 0. The molecule has 0 aliphatic carbocycles. The highest BCUT2D eigenvalue weighted by Crippen LogP contribution is 2.05. The second-order valence-electron chi connectivity index (χ2n) is 2.46. The van der Waals surface area contributed by atoms with E-state index in [0.29, 0.717) is 0 Å². The summed E-state index contributed by atoms with van der Waals surface area (Å²) < 4.78 is 0. The minimum absolute atomic E-state index is 0.203. The topological polar surface area (TPSA) is 20.3 Å². The Morgan fingerprint density at radius 1 is 1.27 bits per heavy atom. The van der Waals surface area contributed by atoms with Crippen molar-refractivity contribution in [2.75, 3.05) is 19.3 Å². The normalized spacial score (nSPS) is 9.73. The molecule has 0 aromatic carbocycles. The second-order valence-corrected chi connectivity index (χ2v) is 3.21. The lowest BCUT2D eigenvalue weighted by molar-refractivity contribution is 0.223. The maximum Gasteiger partial charge on any atom is 0.281 e. The minimum atomic E-state index is 0.203. The molecule has 0 bridgehead atoms. The first-order valence-corrected chi connectivity index (χ1v) is 5.31. The second kappa shape index (κ2) is 6.53. The van der Waals surface area contributed by atoms with E-state index in [1.54, 1.807) is 0 Å². The Labute approximate surface area is 73.3 Å². The lowest BCUT2D eigenvalue weighted by atomic mass is 10.4. The van der Waals surface area contributed by atoms with Crippen LogP contribution in [0.2, 0.25) is 0 Å². The fourth-order valence-electron chi connectivity index (χ4n) is 0.963. The fourth-order valence-corrected chi connectivity index (χ4v) is 1.40. The molecule has 0 spiro atoms. The van der Waals surface area contributed by atoms with Crippen molar-refractivity contribution in [1.29, 1.82) is 0 Å². The van der Waals surface area contributed by atoms with Crippen molar-refractivity contribution in [3.63, 3.8) is 0 Å². The van der Waals surface area contributed by atoms with Crippen LogP contribution in [0.3, 0.4) is 0 Å². The van der Waals surface area contributed by atoms with Gasteiger partial charge in [0.1, 0.15) is 0 Å². The van der Waals surface area contributed by atoms with Crippen molar-refractivity contribution in [3.8, 4) is 0 Å². The smallest absolute Gasteiger partial charge is 0.281 e. The molecule has 0 saturated heterocycles. The van der Waals surface area contributed by atoms with E-state index in [4.69, 9.17) is 0 Å². The molecule has 0 rings (SSSR count). The highest BCUT2D eigenvalue weighted by molar-refractivity contribution is 8.12. The summed E-state index contributed by atoms with van der Waals surface area (Å²) in [4.78, 5) is 13.1. The molecular formula is C8H17NOS. The van der Waals surface area contributed by atoms with E-state index in [-0.39, 0.29) is 5.24 Å². The van der Waals surface area contributed by atoms with E-state index in [2.05, 4.69) is 13.8 Å². The van der Waals surface area contributed by atoms with Crippen molar-refractivity contribution in [2.24, 2.45) is 0 Å². The van der Waals surface area contributed by atoms with Crippen molar-refractivity contribution in [2.45, 2.75) is 26.7 Å². The zero-order chi connectivity index (χ0) is 8.69. The first-order chi connectivity index (χ1) is 5.26. The summed E-state index contributed by atoms with van der Waals surface area (Å²) in [6.07, 6.45) is 3.93. The van der Waals surface area contributed by atoms with Crippen LogP contribution in [0, 0.1) is 0 Å². The van der Waals surface area contributed by atoms with Crippen LogP contribution in [-0.2, 0) is 0 Å². The molecule has 2 nitrogen and oxygen atoms in total. The van der Waals surface area contributed by atoms with Gasteiger partial charge in [-0.2, -0.15) is 0 Å². The number of amides is 1. The Bertz CT molecular complexity index is 111. The molecule has 0 aliphatic rings. The molecule has 0 fully saturated rings. The van der Waals surface area contributed by atoms with Gasteiger partial charge in [0.15, 0.2) is 0 Å². The number of thioether (sulfide) groups is 1. The summed E-state index contributed by atoms with van der Waals surface area (Å²) in [5, 5.41) is 0.203. The van der Waals surface area contributed by atoms with Crippen LogP contribution in [0.5, 0.6) is 0 Å². The molecule has 11 heavy (non-hydrogen) atoms. The minimum Gasteiger partial charge on any atom is -0.334 e. The van der Waals surface area contributed by atoms with Gasteiger partial charge < -0.3 is 4.90 Å². The van der Waals surface area contributed by atoms with Gasteiger partial charge in [-0.1, -0.05) is 25.6 Å². The SMILES string of the molecule is CCCN(CCC)C(=O)SC. The van der Waals surface area contributed by atoms with Gasteiger partial charge in [0, 0.05) is 13.1 Å². The fraction of sp³-hybridized carbons (Fsp3) is 0.875. The molecule has 0 saturated carbocycles. The van der Waals surface area contributed by atoms with Crippen LogP contribution < -0.4 is 0 Å². The van der Waals surface area contributed by atoms with Gasteiger partial charge in [0.25, 0.3) is 5.24 Å². The third-order valence-electron chi connectivity index (χ3n) is 1.42. The molecule has 3 heteroatoms. The molecule has 0 aromatic heterocycles. The molecule has 0 aromatic rings. The van der Waals surface area contributed by atoms with Crippen molar-refractivity contribution in [3.05, 3.63) is 0 Å². The first kappa shape index (κ1) is 10.8. The van der Waals surface area contributed by atoms with Crippen molar-refractivity contribution >= 4 is 17.0 Å². The molecule has 0 radical (unpaired) electrons. The lowest BCUT2D eigenvalue weighted by Crippen LogP contribution is -2.28. The van der Waals surface area contributed by atoms with E-state index < -0.39 is 0 Å². The Morgan fingerprint density at radius 2 is 1.73 bits per heavy atom. The number of hydrogen-bond donors (Lipinski definition) is 0. The molecule has 0 unspecified atom stereocenters. The zero-order valence-electron chi connectivity index (χ0n) is 7.59. The van der Waals surface area contributed by atoms with Gasteiger partial charge >= 0.3 is 0 Å². The molecule has 0 atom stereocenters. The molecule has 0 heterocycles. The van der Waals surface area contributed by atoms with E-state index >= 15 is 0 Å².